The summed E-state index contributed by atoms with van der Waals surface area (Å²) in [5.41, 5.74) is 9.51. The Kier molecular flexibility index (Phi) is 5.88. The van der Waals surface area contributed by atoms with Crippen LogP contribution in [0.5, 0.6) is 0 Å². The van der Waals surface area contributed by atoms with Gasteiger partial charge in [0.1, 0.15) is 0 Å². The van der Waals surface area contributed by atoms with Crippen molar-refractivity contribution in [1.82, 2.24) is 9.78 Å². The third kappa shape index (κ3) is 3.70. The number of aromatic nitrogens is 2. The normalized spacial score (nSPS) is 12.7. The minimum Gasteiger partial charge on any atom is -0.324 e. The Balaban J connectivity index is 2.33. The summed E-state index contributed by atoms with van der Waals surface area (Å²) in [5, 5.41) is 5.30. The molecule has 21 heavy (non-hydrogen) atoms. The monoisotopic (exact) mass is 433 g/mol. The highest BCUT2D eigenvalue weighted by Crippen LogP contribution is 2.30. The van der Waals surface area contributed by atoms with Gasteiger partial charge in [0.15, 0.2) is 0 Å². The van der Waals surface area contributed by atoms with E-state index in [-0.39, 0.29) is 6.04 Å². The number of rotatable bonds is 5. The fourth-order valence-electron chi connectivity index (χ4n) is 2.33. The standard InChI is InChI=1S/C15H18Br2ClN3/c1-3-13-15(17)14(21(4-2)20-13)8-12(19)10-7-9(16)5-6-11(10)18/h5-7,12H,3-4,8,19H2,1-2H3. The smallest absolute Gasteiger partial charge is 0.0766 e. The molecular formula is C15H18Br2ClN3. The molecule has 1 aromatic heterocycles. The number of nitrogens with two attached hydrogens (primary N) is 1. The van der Waals surface area contributed by atoms with Gasteiger partial charge in [-0.25, -0.2) is 0 Å². The number of hydrogen-bond acceptors (Lipinski definition) is 2. The highest BCUT2D eigenvalue weighted by atomic mass is 79.9. The van der Waals surface area contributed by atoms with Crippen molar-refractivity contribution in [1.29, 1.82) is 0 Å². The number of aryl methyl sites for hydroxylation is 2. The van der Waals surface area contributed by atoms with E-state index in [1.807, 2.05) is 22.9 Å². The van der Waals surface area contributed by atoms with Gasteiger partial charge in [-0.05, 0) is 53.0 Å². The van der Waals surface area contributed by atoms with Crippen LogP contribution in [0, 0.1) is 0 Å². The molecule has 0 fully saturated rings. The van der Waals surface area contributed by atoms with Gasteiger partial charge in [-0.15, -0.1) is 0 Å². The molecule has 0 aliphatic rings. The molecule has 0 amide bonds. The van der Waals surface area contributed by atoms with Crippen LogP contribution in [0.2, 0.25) is 5.02 Å². The van der Waals surface area contributed by atoms with Crippen LogP contribution in [0.15, 0.2) is 27.1 Å². The Bertz CT molecular complexity index is 640. The van der Waals surface area contributed by atoms with Crippen molar-refractivity contribution in [3.63, 3.8) is 0 Å². The maximum absolute atomic E-state index is 6.37. The third-order valence-corrected chi connectivity index (χ3v) is 5.22. The van der Waals surface area contributed by atoms with Gasteiger partial charge >= 0.3 is 0 Å². The van der Waals surface area contributed by atoms with Gasteiger partial charge in [-0.3, -0.25) is 4.68 Å². The van der Waals surface area contributed by atoms with E-state index in [4.69, 9.17) is 17.3 Å². The van der Waals surface area contributed by atoms with Gasteiger partial charge in [-0.1, -0.05) is 34.5 Å². The minimum absolute atomic E-state index is 0.169. The molecule has 1 unspecified atom stereocenters. The lowest BCUT2D eigenvalue weighted by Gasteiger charge is -2.15. The van der Waals surface area contributed by atoms with Gasteiger partial charge in [0, 0.05) is 28.5 Å². The molecule has 1 heterocycles. The molecule has 2 aromatic rings. The first-order valence-electron chi connectivity index (χ1n) is 6.92. The van der Waals surface area contributed by atoms with Crippen LogP contribution in [-0.2, 0) is 19.4 Å². The van der Waals surface area contributed by atoms with Crippen molar-refractivity contribution in [3.05, 3.63) is 49.1 Å². The Morgan fingerprint density at radius 3 is 2.67 bits per heavy atom. The van der Waals surface area contributed by atoms with Gasteiger partial charge in [0.2, 0.25) is 0 Å². The summed E-state index contributed by atoms with van der Waals surface area (Å²) in [5.74, 6) is 0. The van der Waals surface area contributed by atoms with Crippen molar-refractivity contribution in [2.75, 3.05) is 0 Å². The maximum atomic E-state index is 6.37. The van der Waals surface area contributed by atoms with E-state index in [1.165, 1.54) is 0 Å². The van der Waals surface area contributed by atoms with Crippen molar-refractivity contribution < 1.29 is 0 Å². The molecule has 0 saturated carbocycles. The second-order valence-electron chi connectivity index (χ2n) is 4.85. The second-order valence-corrected chi connectivity index (χ2v) is 6.97. The molecule has 2 rings (SSSR count). The number of nitrogens with zero attached hydrogens (tertiary/aromatic N) is 2. The molecule has 0 radical (unpaired) electrons. The zero-order valence-electron chi connectivity index (χ0n) is 12.0. The lowest BCUT2D eigenvalue weighted by Crippen LogP contribution is -2.17. The van der Waals surface area contributed by atoms with Crippen LogP contribution < -0.4 is 5.73 Å². The predicted octanol–water partition coefficient (Wildman–Crippen LogP) is 4.89. The number of benzene rings is 1. The Hall–Kier alpha value is -0.360. The van der Waals surface area contributed by atoms with Crippen molar-refractivity contribution >= 4 is 43.5 Å². The van der Waals surface area contributed by atoms with Crippen LogP contribution in [-0.4, -0.2) is 9.78 Å². The SMILES string of the molecule is CCc1nn(CC)c(CC(N)c2cc(Br)ccc2Cl)c1Br. The fraction of sp³-hybridized carbons (Fsp3) is 0.400. The molecule has 0 bridgehead atoms. The van der Waals surface area contributed by atoms with Gasteiger partial charge in [0.25, 0.3) is 0 Å². The van der Waals surface area contributed by atoms with Crippen LogP contribution in [0.4, 0.5) is 0 Å². The predicted molar refractivity (Wildman–Crippen MR) is 94.8 cm³/mol. The fourth-order valence-corrected chi connectivity index (χ4v) is 3.69. The van der Waals surface area contributed by atoms with Crippen molar-refractivity contribution in [2.45, 2.75) is 39.3 Å². The van der Waals surface area contributed by atoms with E-state index in [9.17, 15) is 0 Å². The van der Waals surface area contributed by atoms with Crippen LogP contribution in [0.3, 0.4) is 0 Å². The molecule has 0 saturated heterocycles. The summed E-state index contributed by atoms with van der Waals surface area (Å²) in [6.07, 6.45) is 1.59. The molecule has 114 valence electrons. The Labute approximate surface area is 147 Å². The zero-order valence-corrected chi connectivity index (χ0v) is 16.0. The largest absolute Gasteiger partial charge is 0.324 e. The third-order valence-electron chi connectivity index (χ3n) is 3.46. The summed E-state index contributed by atoms with van der Waals surface area (Å²) in [6, 6.07) is 5.59. The lowest BCUT2D eigenvalue weighted by molar-refractivity contribution is 0.584. The van der Waals surface area contributed by atoms with Crippen molar-refractivity contribution in [2.24, 2.45) is 5.73 Å². The first-order chi connectivity index (χ1) is 9.97. The molecule has 0 spiro atoms. The summed E-state index contributed by atoms with van der Waals surface area (Å²) < 4.78 is 4.05. The van der Waals surface area contributed by atoms with E-state index in [0.717, 1.165) is 38.9 Å². The zero-order chi connectivity index (χ0) is 15.6. The molecule has 3 nitrogen and oxygen atoms in total. The molecule has 1 atom stereocenters. The van der Waals surface area contributed by atoms with E-state index >= 15 is 0 Å². The highest BCUT2D eigenvalue weighted by molar-refractivity contribution is 9.10. The van der Waals surface area contributed by atoms with Crippen LogP contribution in [0.25, 0.3) is 0 Å². The molecule has 0 aliphatic heterocycles. The Morgan fingerprint density at radius 1 is 1.33 bits per heavy atom. The van der Waals surface area contributed by atoms with Crippen LogP contribution >= 0.6 is 43.5 Å². The highest BCUT2D eigenvalue weighted by Gasteiger charge is 2.19. The second kappa shape index (κ2) is 7.27. The molecule has 1 aromatic carbocycles. The summed E-state index contributed by atoms with van der Waals surface area (Å²) in [4.78, 5) is 0. The average Bonchev–Trinajstić information content (AvgIpc) is 2.77. The number of hydrogen-bond donors (Lipinski definition) is 1. The molecule has 0 aliphatic carbocycles. The van der Waals surface area contributed by atoms with E-state index < -0.39 is 0 Å². The molecule has 6 heteroatoms. The summed E-state index contributed by atoms with van der Waals surface area (Å²) in [7, 11) is 0. The minimum atomic E-state index is -0.169. The van der Waals surface area contributed by atoms with E-state index in [2.05, 4.69) is 50.8 Å². The maximum Gasteiger partial charge on any atom is 0.0766 e. The first kappa shape index (κ1) is 17.0. The number of halogens is 3. The lowest BCUT2D eigenvalue weighted by atomic mass is 10.0. The van der Waals surface area contributed by atoms with Gasteiger partial charge < -0.3 is 5.73 Å². The molecule has 2 N–H and O–H groups in total. The quantitative estimate of drug-likeness (QED) is 0.727. The van der Waals surface area contributed by atoms with Gasteiger partial charge in [0.05, 0.1) is 15.9 Å². The van der Waals surface area contributed by atoms with Crippen molar-refractivity contribution in [3.8, 4) is 0 Å². The summed E-state index contributed by atoms with van der Waals surface area (Å²) >= 11 is 13.4. The Morgan fingerprint density at radius 2 is 2.05 bits per heavy atom. The first-order valence-corrected chi connectivity index (χ1v) is 8.88. The van der Waals surface area contributed by atoms with E-state index in [0.29, 0.717) is 11.4 Å². The average molecular weight is 436 g/mol. The molecular weight excluding hydrogens is 417 g/mol. The van der Waals surface area contributed by atoms with Crippen LogP contribution in [0.1, 0.15) is 36.8 Å². The summed E-state index contributed by atoms with van der Waals surface area (Å²) in [6.45, 7) is 5.01. The topological polar surface area (TPSA) is 43.8 Å². The van der Waals surface area contributed by atoms with Gasteiger partial charge in [-0.2, -0.15) is 5.10 Å². The van der Waals surface area contributed by atoms with E-state index in [1.54, 1.807) is 0 Å².